The smallest absolute Gasteiger partial charge is 0.357 e. The van der Waals surface area contributed by atoms with Crippen molar-refractivity contribution in [3.8, 4) is 5.75 Å². The van der Waals surface area contributed by atoms with Gasteiger partial charge in [0.1, 0.15) is 10.8 Å². The number of nitrogens with one attached hydrogen (secondary N) is 1. The van der Waals surface area contributed by atoms with Crippen molar-refractivity contribution in [1.82, 2.24) is 9.88 Å². The summed E-state index contributed by atoms with van der Waals surface area (Å²) in [5.41, 5.74) is 0.881. The van der Waals surface area contributed by atoms with Crippen LogP contribution in [0.4, 0.5) is 10.5 Å². The molecule has 2 rings (SSSR count). The Hall–Kier alpha value is -2.61. The molecule has 0 bridgehead atoms. The molecule has 1 aromatic carbocycles. The number of ether oxygens (including phenoxy) is 2. The Balaban J connectivity index is 2.14. The Kier molecular flexibility index (Phi) is 8.25. The molecule has 2 aromatic rings. The van der Waals surface area contributed by atoms with E-state index in [4.69, 9.17) is 9.47 Å². The average Bonchev–Trinajstić information content (AvgIpc) is 3.14. The van der Waals surface area contributed by atoms with Gasteiger partial charge in [0.15, 0.2) is 5.69 Å². The third-order valence-electron chi connectivity index (χ3n) is 3.96. The number of hydrogen-bond donors (Lipinski definition) is 1. The number of rotatable bonds is 9. The molecule has 2 amide bonds. The van der Waals surface area contributed by atoms with Gasteiger partial charge in [0, 0.05) is 11.9 Å². The number of hydrogen-bond acceptors (Lipinski definition) is 6. The summed E-state index contributed by atoms with van der Waals surface area (Å²) in [5.74, 6) is 0.601. The number of carbonyl (C=O) groups is 2. The highest BCUT2D eigenvalue weighted by molar-refractivity contribution is 7.09. The van der Waals surface area contributed by atoms with E-state index in [2.05, 4.69) is 24.1 Å². The van der Waals surface area contributed by atoms with Gasteiger partial charge in [-0.3, -0.25) is 0 Å². The highest BCUT2D eigenvalue weighted by Crippen LogP contribution is 2.24. The standard InChI is InChI=1S/C20H27N3O4S/c1-5-27-17-9-7-6-8-15(17)22-20(25)23(11-10-14(2)3)12-18-21-16(13-28-18)19(24)26-4/h6-9,13-14H,5,10-12H2,1-4H3,(H,22,25). The molecule has 0 radical (unpaired) electrons. The van der Waals surface area contributed by atoms with Gasteiger partial charge in [0.2, 0.25) is 0 Å². The lowest BCUT2D eigenvalue weighted by atomic mass is 10.1. The van der Waals surface area contributed by atoms with Crippen molar-refractivity contribution in [2.45, 2.75) is 33.7 Å². The maximum absolute atomic E-state index is 12.9. The molecular weight excluding hydrogens is 378 g/mol. The van der Waals surface area contributed by atoms with E-state index in [-0.39, 0.29) is 11.7 Å². The third kappa shape index (κ3) is 6.23. The van der Waals surface area contributed by atoms with Crippen LogP contribution in [-0.4, -0.2) is 42.1 Å². The van der Waals surface area contributed by atoms with Crippen LogP contribution < -0.4 is 10.1 Å². The fraction of sp³-hybridized carbons (Fsp3) is 0.450. The van der Waals surface area contributed by atoms with Gasteiger partial charge in [-0.15, -0.1) is 11.3 Å². The molecule has 152 valence electrons. The zero-order valence-corrected chi connectivity index (χ0v) is 17.5. The van der Waals surface area contributed by atoms with Crippen LogP contribution in [-0.2, 0) is 11.3 Å². The molecule has 28 heavy (non-hydrogen) atoms. The number of benzene rings is 1. The molecule has 1 aromatic heterocycles. The lowest BCUT2D eigenvalue weighted by Gasteiger charge is -2.23. The number of urea groups is 1. The molecule has 1 heterocycles. The van der Waals surface area contributed by atoms with Gasteiger partial charge in [-0.1, -0.05) is 26.0 Å². The second-order valence-corrected chi connectivity index (χ2v) is 7.52. The van der Waals surface area contributed by atoms with Crippen molar-refractivity contribution in [3.63, 3.8) is 0 Å². The number of amides is 2. The highest BCUT2D eigenvalue weighted by atomic mass is 32.1. The first-order chi connectivity index (χ1) is 13.4. The Morgan fingerprint density at radius 3 is 2.71 bits per heavy atom. The van der Waals surface area contributed by atoms with Crippen molar-refractivity contribution in [1.29, 1.82) is 0 Å². The zero-order chi connectivity index (χ0) is 20.5. The lowest BCUT2D eigenvalue weighted by Crippen LogP contribution is -2.36. The maximum atomic E-state index is 12.9. The summed E-state index contributed by atoms with van der Waals surface area (Å²) in [6.45, 7) is 7.52. The van der Waals surface area contributed by atoms with Gasteiger partial charge in [-0.25, -0.2) is 14.6 Å². The second-order valence-electron chi connectivity index (χ2n) is 6.58. The minimum atomic E-state index is -0.480. The number of aromatic nitrogens is 1. The lowest BCUT2D eigenvalue weighted by molar-refractivity contribution is 0.0594. The van der Waals surface area contributed by atoms with E-state index < -0.39 is 5.97 Å². The van der Waals surface area contributed by atoms with Crippen LogP contribution in [0.2, 0.25) is 0 Å². The van der Waals surface area contributed by atoms with Crippen LogP contribution in [0, 0.1) is 5.92 Å². The molecule has 0 spiro atoms. The number of thiazole rings is 1. The molecule has 0 aliphatic carbocycles. The minimum absolute atomic E-state index is 0.234. The highest BCUT2D eigenvalue weighted by Gasteiger charge is 2.19. The van der Waals surface area contributed by atoms with Gasteiger partial charge in [0.05, 0.1) is 25.9 Å². The summed E-state index contributed by atoms with van der Waals surface area (Å²) < 4.78 is 10.3. The largest absolute Gasteiger partial charge is 0.492 e. The Labute approximate surface area is 169 Å². The van der Waals surface area contributed by atoms with Crippen LogP contribution >= 0.6 is 11.3 Å². The average molecular weight is 406 g/mol. The molecule has 8 heteroatoms. The van der Waals surface area contributed by atoms with E-state index in [1.165, 1.54) is 18.4 Å². The molecule has 0 saturated carbocycles. The quantitative estimate of drug-likeness (QED) is 0.625. The molecule has 0 saturated heterocycles. The molecular formula is C20H27N3O4S. The Morgan fingerprint density at radius 1 is 1.29 bits per heavy atom. The fourth-order valence-electron chi connectivity index (χ4n) is 2.46. The summed E-state index contributed by atoms with van der Waals surface area (Å²) in [4.78, 5) is 30.5. The van der Waals surface area contributed by atoms with E-state index >= 15 is 0 Å². The predicted molar refractivity (Wildman–Crippen MR) is 110 cm³/mol. The molecule has 7 nitrogen and oxygen atoms in total. The summed E-state index contributed by atoms with van der Waals surface area (Å²) in [6.07, 6.45) is 0.857. The molecule has 0 aliphatic heterocycles. The van der Waals surface area contributed by atoms with Crippen LogP contribution in [0.1, 0.15) is 42.7 Å². The van der Waals surface area contributed by atoms with Crippen molar-refractivity contribution >= 4 is 29.0 Å². The number of esters is 1. The Bertz CT molecular complexity index is 791. The molecule has 0 unspecified atom stereocenters. The fourth-order valence-corrected chi connectivity index (χ4v) is 3.24. The predicted octanol–water partition coefficient (Wildman–Crippen LogP) is 4.41. The van der Waals surface area contributed by atoms with Crippen LogP contribution in [0.25, 0.3) is 0 Å². The van der Waals surface area contributed by atoms with Crippen molar-refractivity contribution in [2.75, 3.05) is 25.6 Å². The molecule has 0 fully saturated rings. The van der Waals surface area contributed by atoms with E-state index in [9.17, 15) is 9.59 Å². The molecule has 1 N–H and O–H groups in total. The van der Waals surface area contributed by atoms with Crippen LogP contribution in [0.3, 0.4) is 0 Å². The summed E-state index contributed by atoms with van der Waals surface area (Å²) in [6, 6.07) is 7.10. The first kappa shape index (κ1) is 21.7. The summed E-state index contributed by atoms with van der Waals surface area (Å²) >= 11 is 1.33. The van der Waals surface area contributed by atoms with E-state index in [0.29, 0.717) is 42.1 Å². The van der Waals surface area contributed by atoms with E-state index in [1.807, 2.05) is 31.2 Å². The van der Waals surface area contributed by atoms with Gasteiger partial charge in [0.25, 0.3) is 0 Å². The first-order valence-electron chi connectivity index (χ1n) is 9.25. The summed E-state index contributed by atoms with van der Waals surface area (Å²) in [5, 5.41) is 5.25. The minimum Gasteiger partial charge on any atom is -0.492 e. The van der Waals surface area contributed by atoms with E-state index in [0.717, 1.165) is 6.42 Å². The van der Waals surface area contributed by atoms with Gasteiger partial charge in [-0.2, -0.15) is 0 Å². The van der Waals surface area contributed by atoms with Crippen LogP contribution in [0.5, 0.6) is 5.75 Å². The molecule has 0 aliphatic rings. The van der Waals surface area contributed by atoms with Crippen molar-refractivity contribution in [2.24, 2.45) is 5.92 Å². The van der Waals surface area contributed by atoms with Crippen molar-refractivity contribution < 1.29 is 19.1 Å². The zero-order valence-electron chi connectivity index (χ0n) is 16.7. The van der Waals surface area contributed by atoms with Gasteiger partial charge >= 0.3 is 12.0 Å². The van der Waals surface area contributed by atoms with E-state index in [1.54, 1.807) is 10.3 Å². The first-order valence-corrected chi connectivity index (χ1v) is 10.1. The van der Waals surface area contributed by atoms with Crippen molar-refractivity contribution in [3.05, 3.63) is 40.3 Å². The Morgan fingerprint density at radius 2 is 2.04 bits per heavy atom. The monoisotopic (exact) mass is 405 g/mol. The second kappa shape index (κ2) is 10.7. The van der Waals surface area contributed by atoms with Gasteiger partial charge in [-0.05, 0) is 31.4 Å². The number of para-hydroxylation sites is 2. The van der Waals surface area contributed by atoms with Crippen LogP contribution in [0.15, 0.2) is 29.6 Å². The third-order valence-corrected chi connectivity index (χ3v) is 4.80. The number of methoxy groups -OCH3 is 1. The maximum Gasteiger partial charge on any atom is 0.357 e. The SMILES string of the molecule is CCOc1ccccc1NC(=O)N(CCC(C)C)Cc1nc(C(=O)OC)cs1. The van der Waals surface area contributed by atoms with Gasteiger partial charge < -0.3 is 19.7 Å². The topological polar surface area (TPSA) is 80.8 Å². The number of nitrogens with zero attached hydrogens (tertiary/aromatic N) is 2. The summed E-state index contributed by atoms with van der Waals surface area (Å²) in [7, 11) is 1.32. The molecule has 0 atom stereocenters. The normalized spacial score (nSPS) is 10.6. The number of carbonyl (C=O) groups excluding carboxylic acids is 2. The number of anilines is 1.